The molecule has 1 rings (SSSR count). The molecule has 1 aliphatic rings. The number of nitrogens with zero attached hydrogens (tertiary/aromatic N) is 1. The van der Waals surface area contributed by atoms with E-state index in [-0.39, 0.29) is 6.03 Å². The Morgan fingerprint density at radius 2 is 2.19 bits per heavy atom. The number of hydrogen-bond donors (Lipinski definition) is 2. The van der Waals surface area contributed by atoms with Crippen LogP contribution in [0.15, 0.2) is 0 Å². The van der Waals surface area contributed by atoms with Crippen molar-refractivity contribution in [1.82, 2.24) is 15.5 Å². The monoisotopic (exact) mass is 227 g/mol. The largest absolute Gasteiger partial charge is 0.338 e. The second kappa shape index (κ2) is 7.49. The van der Waals surface area contributed by atoms with Crippen molar-refractivity contribution in [1.29, 1.82) is 0 Å². The van der Waals surface area contributed by atoms with Crippen LogP contribution in [0.1, 0.15) is 39.5 Å². The van der Waals surface area contributed by atoms with Gasteiger partial charge in [0, 0.05) is 19.1 Å². The number of hydrogen-bond acceptors (Lipinski definition) is 2. The van der Waals surface area contributed by atoms with Crippen molar-refractivity contribution < 1.29 is 4.79 Å². The predicted molar refractivity (Wildman–Crippen MR) is 66.6 cm³/mol. The van der Waals surface area contributed by atoms with Gasteiger partial charge in [-0.2, -0.15) is 0 Å². The Balaban J connectivity index is 2.11. The number of carbonyl (C=O) groups is 1. The average Bonchev–Trinajstić information content (AvgIpc) is 2.74. The fourth-order valence-corrected chi connectivity index (χ4v) is 2.19. The van der Waals surface area contributed by atoms with Crippen LogP contribution in [0.25, 0.3) is 0 Å². The molecule has 0 aromatic carbocycles. The molecule has 1 heterocycles. The molecule has 0 spiro atoms. The minimum absolute atomic E-state index is 0.0172. The first kappa shape index (κ1) is 13.3. The van der Waals surface area contributed by atoms with Gasteiger partial charge < -0.3 is 10.6 Å². The fourth-order valence-electron chi connectivity index (χ4n) is 2.19. The molecule has 4 heteroatoms. The van der Waals surface area contributed by atoms with Gasteiger partial charge in [0.2, 0.25) is 0 Å². The Hall–Kier alpha value is -0.770. The molecule has 2 amide bonds. The normalized spacial score (nSPS) is 21.0. The number of rotatable bonds is 6. The maximum Gasteiger partial charge on any atom is 0.314 e. The number of amides is 2. The van der Waals surface area contributed by atoms with Crippen molar-refractivity contribution in [3.63, 3.8) is 0 Å². The van der Waals surface area contributed by atoms with Crippen LogP contribution in [0.4, 0.5) is 4.79 Å². The zero-order valence-electron chi connectivity index (χ0n) is 10.6. The topological polar surface area (TPSA) is 44.4 Å². The molecular formula is C12H25N3O. The van der Waals surface area contributed by atoms with Crippen molar-refractivity contribution in [2.45, 2.75) is 45.6 Å². The number of likely N-dealkylation sites (N-methyl/N-ethyl adjacent to an activating group) is 1. The highest BCUT2D eigenvalue weighted by atomic mass is 16.2. The van der Waals surface area contributed by atoms with Crippen LogP contribution in [-0.2, 0) is 0 Å². The van der Waals surface area contributed by atoms with Crippen molar-refractivity contribution >= 4 is 6.03 Å². The molecule has 0 radical (unpaired) electrons. The van der Waals surface area contributed by atoms with Crippen molar-refractivity contribution in [3.05, 3.63) is 0 Å². The first-order chi connectivity index (χ1) is 7.77. The van der Waals surface area contributed by atoms with Crippen LogP contribution >= 0.6 is 0 Å². The van der Waals surface area contributed by atoms with Gasteiger partial charge in [-0.25, -0.2) is 4.79 Å². The summed E-state index contributed by atoms with van der Waals surface area (Å²) in [6, 6.07) is 0.526. The van der Waals surface area contributed by atoms with Crippen LogP contribution in [0.5, 0.6) is 0 Å². The third kappa shape index (κ3) is 4.39. The molecule has 1 unspecified atom stereocenters. The van der Waals surface area contributed by atoms with Gasteiger partial charge in [0.05, 0.1) is 0 Å². The molecule has 0 aromatic rings. The zero-order chi connectivity index (χ0) is 11.8. The van der Waals surface area contributed by atoms with E-state index in [0.29, 0.717) is 6.04 Å². The van der Waals surface area contributed by atoms with Crippen LogP contribution < -0.4 is 10.6 Å². The Labute approximate surface area is 98.8 Å². The molecule has 0 aromatic heterocycles. The summed E-state index contributed by atoms with van der Waals surface area (Å²) >= 11 is 0. The summed E-state index contributed by atoms with van der Waals surface area (Å²) in [5.74, 6) is 0. The summed E-state index contributed by atoms with van der Waals surface area (Å²) < 4.78 is 0. The van der Waals surface area contributed by atoms with E-state index in [1.807, 2.05) is 0 Å². The molecule has 1 fully saturated rings. The maximum atomic E-state index is 11.4. The molecular weight excluding hydrogens is 202 g/mol. The first-order valence-electron chi connectivity index (χ1n) is 6.53. The summed E-state index contributed by atoms with van der Waals surface area (Å²) in [5.41, 5.74) is 0. The van der Waals surface area contributed by atoms with E-state index in [0.717, 1.165) is 32.5 Å². The molecule has 94 valence electrons. The summed E-state index contributed by atoms with van der Waals surface area (Å²) in [7, 11) is 0. The minimum Gasteiger partial charge on any atom is -0.338 e. The van der Waals surface area contributed by atoms with E-state index in [1.165, 1.54) is 19.4 Å². The van der Waals surface area contributed by atoms with Crippen molar-refractivity contribution in [2.75, 3.05) is 26.2 Å². The van der Waals surface area contributed by atoms with Crippen LogP contribution in [-0.4, -0.2) is 43.2 Å². The summed E-state index contributed by atoms with van der Waals surface area (Å²) in [5, 5.41) is 5.83. The van der Waals surface area contributed by atoms with E-state index in [4.69, 9.17) is 0 Å². The number of carbonyl (C=O) groups excluding carboxylic acids is 1. The van der Waals surface area contributed by atoms with Crippen LogP contribution in [0.3, 0.4) is 0 Å². The third-order valence-electron chi connectivity index (χ3n) is 3.22. The zero-order valence-corrected chi connectivity index (χ0v) is 10.6. The standard InChI is InChI=1S/C12H25N3O/c1-3-5-8-13-12(16)14-10-11-7-6-9-15(11)4-2/h11H,3-10H2,1-2H3,(H2,13,14,16). The Morgan fingerprint density at radius 3 is 2.88 bits per heavy atom. The molecule has 2 N–H and O–H groups in total. The molecule has 1 atom stereocenters. The summed E-state index contributed by atoms with van der Waals surface area (Å²) in [4.78, 5) is 13.9. The lowest BCUT2D eigenvalue weighted by Gasteiger charge is -2.22. The molecule has 0 bridgehead atoms. The number of nitrogens with one attached hydrogen (secondary N) is 2. The van der Waals surface area contributed by atoms with Gasteiger partial charge >= 0.3 is 6.03 Å². The van der Waals surface area contributed by atoms with E-state index in [1.54, 1.807) is 0 Å². The molecule has 1 aliphatic heterocycles. The quantitative estimate of drug-likeness (QED) is 0.677. The van der Waals surface area contributed by atoms with Gasteiger partial charge in [0.25, 0.3) is 0 Å². The first-order valence-corrected chi connectivity index (χ1v) is 6.53. The summed E-state index contributed by atoms with van der Waals surface area (Å²) in [6.45, 7) is 8.14. The number of unbranched alkanes of at least 4 members (excludes halogenated alkanes) is 1. The van der Waals surface area contributed by atoms with Gasteiger partial charge in [0.15, 0.2) is 0 Å². The fraction of sp³-hybridized carbons (Fsp3) is 0.917. The van der Waals surface area contributed by atoms with Gasteiger partial charge in [-0.15, -0.1) is 0 Å². The van der Waals surface area contributed by atoms with E-state index in [9.17, 15) is 4.79 Å². The van der Waals surface area contributed by atoms with Crippen LogP contribution in [0.2, 0.25) is 0 Å². The maximum absolute atomic E-state index is 11.4. The second-order valence-corrected chi connectivity index (χ2v) is 4.41. The highest BCUT2D eigenvalue weighted by molar-refractivity contribution is 5.73. The highest BCUT2D eigenvalue weighted by Gasteiger charge is 2.22. The predicted octanol–water partition coefficient (Wildman–Crippen LogP) is 1.57. The van der Waals surface area contributed by atoms with Gasteiger partial charge in [0.1, 0.15) is 0 Å². The molecule has 1 saturated heterocycles. The third-order valence-corrected chi connectivity index (χ3v) is 3.22. The minimum atomic E-state index is -0.0172. The molecule has 16 heavy (non-hydrogen) atoms. The lowest BCUT2D eigenvalue weighted by Crippen LogP contribution is -2.44. The van der Waals surface area contributed by atoms with Crippen LogP contribution in [0, 0.1) is 0 Å². The van der Waals surface area contributed by atoms with Gasteiger partial charge in [-0.3, -0.25) is 4.90 Å². The Kier molecular flexibility index (Phi) is 6.23. The van der Waals surface area contributed by atoms with Crippen molar-refractivity contribution in [3.8, 4) is 0 Å². The Bertz CT molecular complexity index is 208. The molecule has 4 nitrogen and oxygen atoms in total. The lowest BCUT2D eigenvalue weighted by atomic mass is 10.2. The highest BCUT2D eigenvalue weighted by Crippen LogP contribution is 2.15. The average molecular weight is 227 g/mol. The van der Waals surface area contributed by atoms with Gasteiger partial charge in [-0.1, -0.05) is 20.3 Å². The number of likely N-dealkylation sites (tertiary alicyclic amines) is 1. The van der Waals surface area contributed by atoms with E-state index in [2.05, 4.69) is 29.4 Å². The van der Waals surface area contributed by atoms with Crippen molar-refractivity contribution in [2.24, 2.45) is 0 Å². The van der Waals surface area contributed by atoms with Gasteiger partial charge in [-0.05, 0) is 32.4 Å². The lowest BCUT2D eigenvalue weighted by molar-refractivity contribution is 0.229. The molecule has 0 aliphatic carbocycles. The smallest absolute Gasteiger partial charge is 0.314 e. The SMILES string of the molecule is CCCCNC(=O)NCC1CCCN1CC. The molecule has 0 saturated carbocycles. The van der Waals surface area contributed by atoms with E-state index >= 15 is 0 Å². The Morgan fingerprint density at radius 1 is 1.38 bits per heavy atom. The summed E-state index contributed by atoms with van der Waals surface area (Å²) in [6.07, 6.45) is 4.64. The number of urea groups is 1. The van der Waals surface area contributed by atoms with E-state index < -0.39 is 0 Å². The second-order valence-electron chi connectivity index (χ2n) is 4.41.